The van der Waals surface area contributed by atoms with Gasteiger partial charge in [0, 0.05) is 12.6 Å². The van der Waals surface area contributed by atoms with Gasteiger partial charge < -0.3 is 14.4 Å². The summed E-state index contributed by atoms with van der Waals surface area (Å²) >= 11 is 0. The lowest BCUT2D eigenvalue weighted by atomic mass is 9.93. The van der Waals surface area contributed by atoms with Crippen LogP contribution in [0.15, 0.2) is 16.5 Å². The number of nitrogens with zero attached hydrogens (tertiary/aromatic N) is 2. The van der Waals surface area contributed by atoms with Crippen molar-refractivity contribution in [3.05, 3.63) is 28.0 Å². The van der Waals surface area contributed by atoms with Gasteiger partial charge in [-0.1, -0.05) is 0 Å². The minimum Gasteiger partial charge on any atom is -0.481 e. The highest BCUT2D eigenvalue weighted by atomic mass is 16.6. The second-order valence-electron chi connectivity index (χ2n) is 4.81. The predicted octanol–water partition coefficient (Wildman–Crippen LogP) is 1.51. The van der Waals surface area contributed by atoms with Crippen LogP contribution in [-0.2, 0) is 4.79 Å². The molecule has 1 aliphatic rings. The number of hydrogen-bond acceptors (Lipinski definition) is 5. The van der Waals surface area contributed by atoms with Gasteiger partial charge in [0.2, 0.25) is 0 Å². The number of aliphatic carboxylic acids is 1. The van der Waals surface area contributed by atoms with E-state index in [0.717, 1.165) is 6.07 Å². The standard InChI is InChI=1S/C12H14N2O6/c1-7-2-3-8(12(16)17)6-13(7)11(15)9-4-5-10(20-9)14(18)19/h4-5,7-8H,2-3,6H2,1H3,(H,16,17). The van der Waals surface area contributed by atoms with Crippen molar-refractivity contribution >= 4 is 17.8 Å². The van der Waals surface area contributed by atoms with E-state index in [1.165, 1.54) is 11.0 Å². The highest BCUT2D eigenvalue weighted by molar-refractivity contribution is 5.92. The van der Waals surface area contributed by atoms with Crippen molar-refractivity contribution in [2.45, 2.75) is 25.8 Å². The molecule has 2 unspecified atom stereocenters. The molecule has 2 heterocycles. The van der Waals surface area contributed by atoms with Gasteiger partial charge in [-0.05, 0) is 25.8 Å². The number of rotatable bonds is 3. The fourth-order valence-electron chi connectivity index (χ4n) is 2.27. The molecular formula is C12H14N2O6. The number of carbonyl (C=O) groups excluding carboxylic acids is 1. The molecule has 1 aromatic heterocycles. The first-order chi connectivity index (χ1) is 9.40. The Labute approximate surface area is 114 Å². The summed E-state index contributed by atoms with van der Waals surface area (Å²) in [6.45, 7) is 1.90. The van der Waals surface area contributed by atoms with Crippen molar-refractivity contribution in [2.75, 3.05) is 6.54 Å². The Morgan fingerprint density at radius 3 is 2.70 bits per heavy atom. The second kappa shape index (κ2) is 5.32. The highest BCUT2D eigenvalue weighted by Crippen LogP contribution is 2.25. The lowest BCUT2D eigenvalue weighted by molar-refractivity contribution is -0.402. The summed E-state index contributed by atoms with van der Waals surface area (Å²) in [5.74, 6) is -2.72. The third kappa shape index (κ3) is 2.63. The van der Waals surface area contributed by atoms with Crippen LogP contribution in [0, 0.1) is 16.0 Å². The molecule has 0 bridgehead atoms. The van der Waals surface area contributed by atoms with E-state index in [-0.39, 0.29) is 18.3 Å². The average molecular weight is 282 g/mol. The molecule has 0 aromatic carbocycles. The first kappa shape index (κ1) is 14.0. The summed E-state index contributed by atoms with van der Waals surface area (Å²) in [4.78, 5) is 34.4. The Hall–Kier alpha value is -2.38. The normalized spacial score (nSPS) is 22.6. The molecule has 0 aliphatic carbocycles. The molecule has 0 saturated carbocycles. The number of hydrogen-bond donors (Lipinski definition) is 1. The number of piperidine rings is 1. The molecule has 1 aliphatic heterocycles. The number of nitro groups is 1. The fourth-order valence-corrected chi connectivity index (χ4v) is 2.27. The lowest BCUT2D eigenvalue weighted by Crippen LogP contribution is -2.47. The Morgan fingerprint density at radius 2 is 2.15 bits per heavy atom. The van der Waals surface area contributed by atoms with Crippen LogP contribution in [0.25, 0.3) is 0 Å². The SMILES string of the molecule is CC1CCC(C(=O)O)CN1C(=O)c1ccc([N+](=O)[O-])o1. The summed E-state index contributed by atoms with van der Waals surface area (Å²) < 4.78 is 4.87. The van der Waals surface area contributed by atoms with Crippen LogP contribution < -0.4 is 0 Å². The number of carboxylic acids is 1. The van der Waals surface area contributed by atoms with Gasteiger partial charge in [-0.15, -0.1) is 0 Å². The van der Waals surface area contributed by atoms with Crippen LogP contribution >= 0.6 is 0 Å². The van der Waals surface area contributed by atoms with Gasteiger partial charge in [0.25, 0.3) is 5.91 Å². The molecule has 108 valence electrons. The number of carbonyl (C=O) groups is 2. The molecule has 20 heavy (non-hydrogen) atoms. The van der Waals surface area contributed by atoms with Crippen molar-refractivity contribution in [1.29, 1.82) is 0 Å². The topological polar surface area (TPSA) is 114 Å². The first-order valence-electron chi connectivity index (χ1n) is 6.18. The molecule has 0 spiro atoms. The lowest BCUT2D eigenvalue weighted by Gasteiger charge is -2.35. The summed E-state index contributed by atoms with van der Waals surface area (Å²) in [7, 11) is 0. The molecule has 1 aromatic rings. The zero-order chi connectivity index (χ0) is 14.9. The van der Waals surface area contributed by atoms with Crippen molar-refractivity contribution in [1.82, 2.24) is 4.90 Å². The molecular weight excluding hydrogens is 268 g/mol. The Morgan fingerprint density at radius 1 is 1.45 bits per heavy atom. The van der Waals surface area contributed by atoms with Crippen molar-refractivity contribution < 1.29 is 24.0 Å². The van der Waals surface area contributed by atoms with Crippen LogP contribution in [0.4, 0.5) is 5.88 Å². The maximum atomic E-state index is 12.2. The molecule has 2 rings (SSSR count). The summed E-state index contributed by atoms with van der Waals surface area (Å²) in [5.41, 5.74) is 0. The van der Waals surface area contributed by atoms with Crippen molar-refractivity contribution in [3.63, 3.8) is 0 Å². The van der Waals surface area contributed by atoms with E-state index in [9.17, 15) is 19.7 Å². The smallest absolute Gasteiger partial charge is 0.433 e. The summed E-state index contributed by atoms with van der Waals surface area (Å²) in [6.07, 6.45) is 1.09. The zero-order valence-corrected chi connectivity index (χ0v) is 10.8. The third-order valence-corrected chi connectivity index (χ3v) is 3.47. The van der Waals surface area contributed by atoms with Gasteiger partial charge in [-0.3, -0.25) is 19.7 Å². The van der Waals surface area contributed by atoms with E-state index in [1.807, 2.05) is 6.92 Å². The predicted molar refractivity (Wildman–Crippen MR) is 66.2 cm³/mol. The minimum atomic E-state index is -0.944. The molecule has 8 heteroatoms. The van der Waals surface area contributed by atoms with Crippen molar-refractivity contribution in [2.24, 2.45) is 5.92 Å². The van der Waals surface area contributed by atoms with Crippen LogP contribution in [0.2, 0.25) is 0 Å². The quantitative estimate of drug-likeness (QED) is 0.664. The molecule has 1 saturated heterocycles. The van der Waals surface area contributed by atoms with E-state index < -0.39 is 28.6 Å². The van der Waals surface area contributed by atoms with E-state index in [2.05, 4.69) is 0 Å². The van der Waals surface area contributed by atoms with Crippen LogP contribution in [0.1, 0.15) is 30.3 Å². The van der Waals surface area contributed by atoms with Gasteiger partial charge in [0.15, 0.2) is 5.76 Å². The monoisotopic (exact) mass is 282 g/mol. The van der Waals surface area contributed by atoms with Gasteiger partial charge >= 0.3 is 11.9 Å². The largest absolute Gasteiger partial charge is 0.481 e. The Balaban J connectivity index is 2.17. The maximum Gasteiger partial charge on any atom is 0.433 e. The summed E-state index contributed by atoms with van der Waals surface area (Å²) in [6, 6.07) is 2.22. The number of carboxylic acid groups (broad SMARTS) is 1. The number of furan rings is 1. The van der Waals surface area contributed by atoms with Crippen molar-refractivity contribution in [3.8, 4) is 0 Å². The van der Waals surface area contributed by atoms with E-state index in [0.29, 0.717) is 12.8 Å². The van der Waals surface area contributed by atoms with Crippen LogP contribution in [-0.4, -0.2) is 39.4 Å². The maximum absolute atomic E-state index is 12.2. The zero-order valence-electron chi connectivity index (χ0n) is 10.8. The second-order valence-corrected chi connectivity index (χ2v) is 4.81. The Bertz CT molecular complexity index is 552. The Kier molecular flexibility index (Phi) is 3.73. The van der Waals surface area contributed by atoms with E-state index in [4.69, 9.17) is 9.52 Å². The first-order valence-corrected chi connectivity index (χ1v) is 6.18. The average Bonchev–Trinajstić information content (AvgIpc) is 2.88. The highest BCUT2D eigenvalue weighted by Gasteiger charge is 2.34. The summed E-state index contributed by atoms with van der Waals surface area (Å²) in [5, 5.41) is 19.5. The van der Waals surface area contributed by atoms with Gasteiger partial charge in [0.1, 0.15) is 4.92 Å². The van der Waals surface area contributed by atoms with Gasteiger partial charge in [0.05, 0.1) is 12.0 Å². The fraction of sp³-hybridized carbons (Fsp3) is 0.500. The molecule has 1 N–H and O–H groups in total. The van der Waals surface area contributed by atoms with Gasteiger partial charge in [-0.25, -0.2) is 0 Å². The van der Waals surface area contributed by atoms with Crippen LogP contribution in [0.3, 0.4) is 0 Å². The molecule has 1 fully saturated rings. The third-order valence-electron chi connectivity index (χ3n) is 3.47. The molecule has 0 radical (unpaired) electrons. The van der Waals surface area contributed by atoms with E-state index in [1.54, 1.807) is 0 Å². The van der Waals surface area contributed by atoms with Crippen LogP contribution in [0.5, 0.6) is 0 Å². The number of likely N-dealkylation sites (tertiary alicyclic amines) is 1. The molecule has 8 nitrogen and oxygen atoms in total. The van der Waals surface area contributed by atoms with Gasteiger partial charge in [-0.2, -0.15) is 0 Å². The molecule has 1 amide bonds. The molecule has 2 atom stereocenters. The minimum absolute atomic E-state index is 0.0871. The van der Waals surface area contributed by atoms with E-state index >= 15 is 0 Å². The number of amides is 1.